The van der Waals surface area contributed by atoms with Gasteiger partial charge in [-0.15, -0.1) is 23.7 Å². The van der Waals surface area contributed by atoms with Crippen molar-refractivity contribution in [2.24, 2.45) is 5.92 Å². The number of nitrogens with zero attached hydrogens (tertiary/aromatic N) is 1. The molecule has 1 saturated heterocycles. The number of carbonyl (C=O) groups excluding carboxylic acids is 1. The van der Waals surface area contributed by atoms with Crippen LogP contribution in [0.4, 0.5) is 5.69 Å². The van der Waals surface area contributed by atoms with E-state index in [2.05, 4.69) is 29.5 Å². The predicted octanol–water partition coefficient (Wildman–Crippen LogP) is 4.56. The summed E-state index contributed by atoms with van der Waals surface area (Å²) in [6.45, 7) is 6.49. The molecule has 0 radical (unpaired) electrons. The zero-order chi connectivity index (χ0) is 16.2. The van der Waals surface area contributed by atoms with E-state index >= 15 is 0 Å². The van der Waals surface area contributed by atoms with Gasteiger partial charge >= 0.3 is 0 Å². The van der Waals surface area contributed by atoms with Gasteiger partial charge in [0.15, 0.2) is 0 Å². The van der Waals surface area contributed by atoms with Crippen molar-refractivity contribution in [1.82, 2.24) is 10.3 Å². The summed E-state index contributed by atoms with van der Waals surface area (Å²) in [7, 11) is 0. The first-order chi connectivity index (χ1) is 11.1. The quantitative estimate of drug-likeness (QED) is 0.814. The molecule has 0 bridgehead atoms. The molecule has 1 aliphatic rings. The van der Waals surface area contributed by atoms with Gasteiger partial charge in [-0.25, -0.2) is 4.98 Å². The maximum absolute atomic E-state index is 12.2. The maximum atomic E-state index is 12.2. The van der Waals surface area contributed by atoms with E-state index in [1.54, 1.807) is 11.3 Å². The van der Waals surface area contributed by atoms with Gasteiger partial charge in [0, 0.05) is 18.0 Å². The predicted molar refractivity (Wildman–Crippen MR) is 104 cm³/mol. The molecule has 1 amide bonds. The monoisotopic (exact) mass is 367 g/mol. The molecule has 0 saturated carbocycles. The number of hydrogen-bond acceptors (Lipinski definition) is 4. The molecule has 0 unspecified atom stereocenters. The van der Waals surface area contributed by atoms with E-state index in [1.807, 2.05) is 18.2 Å². The molecule has 1 aliphatic heterocycles. The Bertz CT molecular complexity index is 680. The molecule has 6 heteroatoms. The van der Waals surface area contributed by atoms with Crippen molar-refractivity contribution in [3.05, 3.63) is 23.2 Å². The maximum Gasteiger partial charge on any atom is 0.224 e. The number of carbonyl (C=O) groups is 1. The molecule has 1 aromatic carbocycles. The average molecular weight is 368 g/mol. The second-order valence-electron chi connectivity index (χ2n) is 6.67. The van der Waals surface area contributed by atoms with Gasteiger partial charge in [0.1, 0.15) is 0 Å². The lowest BCUT2D eigenvalue weighted by atomic mass is 9.93. The highest BCUT2D eigenvalue weighted by atomic mass is 35.5. The van der Waals surface area contributed by atoms with Crippen molar-refractivity contribution in [2.45, 2.75) is 45.4 Å². The normalized spacial score (nSPS) is 15.5. The van der Waals surface area contributed by atoms with Crippen molar-refractivity contribution in [2.75, 3.05) is 18.4 Å². The average Bonchev–Trinajstić information content (AvgIpc) is 2.97. The first kappa shape index (κ1) is 19.2. The van der Waals surface area contributed by atoms with Crippen LogP contribution in [-0.4, -0.2) is 24.0 Å². The lowest BCUT2D eigenvalue weighted by Crippen LogP contribution is -2.28. The molecule has 3 rings (SSSR count). The Hall–Kier alpha value is -1.17. The summed E-state index contributed by atoms with van der Waals surface area (Å²) < 4.78 is 1.14. The molecule has 1 aromatic heterocycles. The van der Waals surface area contributed by atoms with Crippen LogP contribution < -0.4 is 10.6 Å². The van der Waals surface area contributed by atoms with Crippen molar-refractivity contribution in [3.8, 4) is 0 Å². The second-order valence-corrected chi connectivity index (χ2v) is 7.73. The Balaban J connectivity index is 0.00000208. The van der Waals surface area contributed by atoms with Crippen molar-refractivity contribution < 1.29 is 4.79 Å². The largest absolute Gasteiger partial charge is 0.326 e. The number of fused-ring (bicyclic) bond motifs is 1. The second kappa shape index (κ2) is 8.79. The number of amides is 1. The SMILES string of the molecule is CC(C)c1nc2ccc(NC(=O)CCC3CCNCC3)cc2s1.Cl. The number of piperidine rings is 1. The molecule has 2 aromatic rings. The van der Waals surface area contributed by atoms with E-state index in [-0.39, 0.29) is 18.3 Å². The van der Waals surface area contributed by atoms with Crippen LogP contribution >= 0.6 is 23.7 Å². The van der Waals surface area contributed by atoms with Crippen LogP contribution in [0.2, 0.25) is 0 Å². The van der Waals surface area contributed by atoms with Crippen LogP contribution in [0.15, 0.2) is 18.2 Å². The lowest BCUT2D eigenvalue weighted by Gasteiger charge is -2.22. The molecule has 24 heavy (non-hydrogen) atoms. The van der Waals surface area contributed by atoms with Crippen LogP contribution in [0, 0.1) is 5.92 Å². The lowest BCUT2D eigenvalue weighted by molar-refractivity contribution is -0.116. The minimum Gasteiger partial charge on any atom is -0.326 e. The number of rotatable bonds is 5. The molecule has 0 aliphatic carbocycles. The summed E-state index contributed by atoms with van der Waals surface area (Å²) in [5.41, 5.74) is 1.90. The van der Waals surface area contributed by atoms with E-state index in [0.717, 1.165) is 40.4 Å². The Labute approximate surface area is 153 Å². The number of benzene rings is 1. The smallest absolute Gasteiger partial charge is 0.224 e. The molecule has 132 valence electrons. The van der Waals surface area contributed by atoms with Crippen LogP contribution in [0.5, 0.6) is 0 Å². The van der Waals surface area contributed by atoms with Gasteiger partial charge in [-0.2, -0.15) is 0 Å². The summed E-state index contributed by atoms with van der Waals surface area (Å²) in [5, 5.41) is 7.55. The van der Waals surface area contributed by atoms with Gasteiger partial charge in [0.25, 0.3) is 0 Å². The highest BCUT2D eigenvalue weighted by molar-refractivity contribution is 7.18. The van der Waals surface area contributed by atoms with Crippen molar-refractivity contribution in [1.29, 1.82) is 0 Å². The molecular weight excluding hydrogens is 342 g/mol. The van der Waals surface area contributed by atoms with Gasteiger partial charge in [-0.3, -0.25) is 4.79 Å². The first-order valence-corrected chi connectivity index (χ1v) is 9.34. The van der Waals surface area contributed by atoms with Gasteiger partial charge < -0.3 is 10.6 Å². The first-order valence-electron chi connectivity index (χ1n) is 8.53. The fraction of sp³-hybridized carbons (Fsp3) is 0.556. The van der Waals surface area contributed by atoms with Crippen molar-refractivity contribution in [3.63, 3.8) is 0 Å². The number of halogens is 1. The highest BCUT2D eigenvalue weighted by Gasteiger charge is 2.15. The number of thiazole rings is 1. The van der Waals surface area contributed by atoms with Gasteiger partial charge in [0.05, 0.1) is 15.2 Å². The summed E-state index contributed by atoms with van der Waals surface area (Å²) in [6.07, 6.45) is 3.99. The number of anilines is 1. The highest BCUT2D eigenvalue weighted by Crippen LogP contribution is 2.29. The van der Waals surface area contributed by atoms with Crippen molar-refractivity contribution >= 4 is 45.6 Å². The molecule has 2 N–H and O–H groups in total. The third-order valence-electron chi connectivity index (χ3n) is 4.42. The van der Waals surface area contributed by atoms with E-state index in [0.29, 0.717) is 18.3 Å². The Morgan fingerprint density at radius 1 is 1.38 bits per heavy atom. The van der Waals surface area contributed by atoms with Gasteiger partial charge in [0.2, 0.25) is 5.91 Å². The summed E-state index contributed by atoms with van der Waals surface area (Å²) in [4.78, 5) is 16.8. The van der Waals surface area contributed by atoms with Crippen LogP contribution in [0.3, 0.4) is 0 Å². The Morgan fingerprint density at radius 3 is 2.83 bits per heavy atom. The van der Waals surface area contributed by atoms with Crippen LogP contribution in [0.25, 0.3) is 10.2 Å². The molecular formula is C18H26ClN3OS. The zero-order valence-corrected chi connectivity index (χ0v) is 15.9. The fourth-order valence-corrected chi connectivity index (χ4v) is 4.01. The third kappa shape index (κ3) is 4.91. The Kier molecular flexibility index (Phi) is 7.02. The summed E-state index contributed by atoms with van der Waals surface area (Å²) in [6, 6.07) is 6.00. The van der Waals surface area contributed by atoms with Gasteiger partial charge in [-0.05, 0) is 56.5 Å². The van der Waals surface area contributed by atoms with Gasteiger partial charge in [-0.1, -0.05) is 13.8 Å². The van der Waals surface area contributed by atoms with E-state index in [1.165, 1.54) is 12.8 Å². The van der Waals surface area contributed by atoms with E-state index in [4.69, 9.17) is 0 Å². The number of hydrogen-bond donors (Lipinski definition) is 2. The zero-order valence-electron chi connectivity index (χ0n) is 14.3. The fourth-order valence-electron chi connectivity index (χ4n) is 3.00. The topological polar surface area (TPSA) is 54.0 Å². The summed E-state index contributed by atoms with van der Waals surface area (Å²) >= 11 is 1.71. The number of nitrogens with one attached hydrogen (secondary N) is 2. The van der Waals surface area contributed by atoms with Crippen LogP contribution in [-0.2, 0) is 4.79 Å². The number of aromatic nitrogens is 1. The van der Waals surface area contributed by atoms with E-state index in [9.17, 15) is 4.79 Å². The standard InChI is InChI=1S/C18H25N3OS.ClH/c1-12(2)18-21-15-5-4-14(11-16(15)23-18)20-17(22)6-3-13-7-9-19-10-8-13;/h4-5,11-13,19H,3,6-10H2,1-2H3,(H,20,22);1H. The molecule has 2 heterocycles. The third-order valence-corrected chi connectivity index (χ3v) is 5.74. The molecule has 0 spiro atoms. The minimum atomic E-state index is 0. The molecule has 4 nitrogen and oxygen atoms in total. The molecule has 1 fully saturated rings. The summed E-state index contributed by atoms with van der Waals surface area (Å²) in [5.74, 6) is 1.26. The Morgan fingerprint density at radius 2 is 2.12 bits per heavy atom. The molecule has 0 atom stereocenters. The minimum absolute atomic E-state index is 0. The van der Waals surface area contributed by atoms with E-state index < -0.39 is 0 Å². The van der Waals surface area contributed by atoms with Crippen LogP contribution in [0.1, 0.15) is 50.5 Å².